The Labute approximate surface area is 204 Å². The topological polar surface area (TPSA) is 96.1 Å². The molecule has 0 aliphatic carbocycles. The van der Waals surface area contributed by atoms with Gasteiger partial charge in [-0.2, -0.15) is 0 Å². The fraction of sp³-hybridized carbons (Fsp3) is 0.385. The van der Waals surface area contributed by atoms with E-state index in [2.05, 4.69) is 33.1 Å². The van der Waals surface area contributed by atoms with Crippen LogP contribution in [0.5, 0.6) is 11.5 Å². The van der Waals surface area contributed by atoms with Gasteiger partial charge in [0.1, 0.15) is 17.2 Å². The molecule has 1 amide bonds. The molecule has 0 spiro atoms. The Kier molecular flexibility index (Phi) is 7.45. The molecule has 1 atom stereocenters. The first-order valence-corrected chi connectivity index (χ1v) is 11.7. The third-order valence-electron chi connectivity index (χ3n) is 6.21. The molecular weight excluding hydrogens is 448 g/mol. The van der Waals surface area contributed by atoms with Crippen molar-refractivity contribution < 1.29 is 23.8 Å². The fourth-order valence-electron chi connectivity index (χ4n) is 4.52. The van der Waals surface area contributed by atoms with Crippen molar-refractivity contribution >= 4 is 34.2 Å². The molecule has 1 aliphatic heterocycles. The summed E-state index contributed by atoms with van der Waals surface area (Å²) in [4.78, 5) is 33.1. The number of fused-ring (bicyclic) bond motifs is 1. The third-order valence-corrected chi connectivity index (χ3v) is 6.21. The maximum Gasteiger partial charge on any atom is 0.356 e. The van der Waals surface area contributed by atoms with Gasteiger partial charge < -0.3 is 29.4 Å². The van der Waals surface area contributed by atoms with Crippen LogP contribution in [0.2, 0.25) is 0 Å². The first-order valence-electron chi connectivity index (χ1n) is 11.7. The summed E-state index contributed by atoms with van der Waals surface area (Å²) >= 11 is 0. The van der Waals surface area contributed by atoms with Gasteiger partial charge in [-0.25, -0.2) is 4.79 Å². The van der Waals surface area contributed by atoms with E-state index in [0.717, 1.165) is 31.1 Å². The van der Waals surface area contributed by atoms with Gasteiger partial charge in [-0.1, -0.05) is 6.07 Å². The number of nitrogens with zero attached hydrogens (tertiary/aromatic N) is 2. The standard InChI is InChI=1S/C26H32N4O5/c1-5-35-26(32)25-24(21-14-20(34-4)9-10-22(21)27-25)28-23(31)16-29-11-12-30(17(2)15-29)18-7-6-8-19(13-18)33-3/h6-10,13-14,17,27H,5,11-12,15-16H2,1-4H3,(H,28,31)/t17-/m1/s1. The van der Waals surface area contributed by atoms with Crippen LogP contribution in [-0.2, 0) is 9.53 Å². The number of ether oxygens (including phenoxy) is 3. The Morgan fingerprint density at radius 1 is 1.09 bits per heavy atom. The number of carbonyl (C=O) groups is 2. The molecule has 0 radical (unpaired) electrons. The fourth-order valence-corrected chi connectivity index (χ4v) is 4.52. The van der Waals surface area contributed by atoms with Crippen LogP contribution in [0.25, 0.3) is 10.9 Å². The number of piperazine rings is 1. The zero-order chi connectivity index (χ0) is 24.9. The van der Waals surface area contributed by atoms with Gasteiger partial charge in [0.25, 0.3) is 0 Å². The first-order chi connectivity index (χ1) is 16.9. The molecule has 0 saturated carbocycles. The summed E-state index contributed by atoms with van der Waals surface area (Å²) in [5.74, 6) is 0.744. The highest BCUT2D eigenvalue weighted by atomic mass is 16.5. The molecule has 9 nitrogen and oxygen atoms in total. The summed E-state index contributed by atoms with van der Waals surface area (Å²) in [5.41, 5.74) is 2.45. The molecule has 186 valence electrons. The summed E-state index contributed by atoms with van der Waals surface area (Å²) < 4.78 is 15.9. The molecule has 1 fully saturated rings. The van der Waals surface area contributed by atoms with E-state index in [1.807, 2.05) is 24.3 Å². The highest BCUT2D eigenvalue weighted by Gasteiger charge is 2.27. The minimum Gasteiger partial charge on any atom is -0.497 e. The molecule has 4 rings (SSSR count). The Morgan fingerprint density at radius 3 is 2.57 bits per heavy atom. The zero-order valence-corrected chi connectivity index (χ0v) is 20.6. The number of methoxy groups -OCH3 is 2. The molecule has 2 heterocycles. The van der Waals surface area contributed by atoms with Crippen LogP contribution in [0, 0.1) is 0 Å². The van der Waals surface area contributed by atoms with Crippen molar-refractivity contribution in [2.75, 3.05) is 57.2 Å². The van der Waals surface area contributed by atoms with E-state index in [1.54, 1.807) is 33.3 Å². The molecule has 9 heteroatoms. The molecule has 3 aromatic rings. The van der Waals surface area contributed by atoms with Crippen LogP contribution >= 0.6 is 0 Å². The van der Waals surface area contributed by atoms with E-state index in [9.17, 15) is 9.59 Å². The maximum absolute atomic E-state index is 13.1. The van der Waals surface area contributed by atoms with Gasteiger partial charge >= 0.3 is 5.97 Å². The summed E-state index contributed by atoms with van der Waals surface area (Å²) in [6, 6.07) is 13.6. The van der Waals surface area contributed by atoms with Crippen molar-refractivity contribution in [2.45, 2.75) is 19.9 Å². The summed E-state index contributed by atoms with van der Waals surface area (Å²) in [6.45, 7) is 6.61. The van der Waals surface area contributed by atoms with Crippen LogP contribution in [0.1, 0.15) is 24.3 Å². The molecule has 35 heavy (non-hydrogen) atoms. The Balaban J connectivity index is 1.47. The summed E-state index contributed by atoms with van der Waals surface area (Å²) in [6.07, 6.45) is 0. The maximum atomic E-state index is 13.1. The van der Waals surface area contributed by atoms with Gasteiger partial charge in [-0.05, 0) is 44.2 Å². The molecule has 0 bridgehead atoms. The monoisotopic (exact) mass is 480 g/mol. The van der Waals surface area contributed by atoms with Crippen LogP contribution in [0.3, 0.4) is 0 Å². The predicted octanol–water partition coefficient (Wildman–Crippen LogP) is 3.51. The minimum atomic E-state index is -0.515. The Bertz CT molecular complexity index is 1210. The van der Waals surface area contributed by atoms with Gasteiger partial charge in [0.2, 0.25) is 5.91 Å². The van der Waals surface area contributed by atoms with E-state index in [0.29, 0.717) is 22.3 Å². The average Bonchev–Trinajstić information content (AvgIpc) is 3.21. The number of aromatic amines is 1. The first kappa shape index (κ1) is 24.4. The molecule has 0 unspecified atom stereocenters. The lowest BCUT2D eigenvalue weighted by Crippen LogP contribution is -2.53. The summed E-state index contributed by atoms with van der Waals surface area (Å²) in [5, 5.41) is 3.64. The lowest BCUT2D eigenvalue weighted by Gasteiger charge is -2.41. The van der Waals surface area contributed by atoms with Gasteiger partial charge in [0.15, 0.2) is 0 Å². The van der Waals surface area contributed by atoms with Gasteiger partial charge in [-0.3, -0.25) is 9.69 Å². The average molecular weight is 481 g/mol. The number of carbonyl (C=O) groups excluding carboxylic acids is 2. The second-order valence-electron chi connectivity index (χ2n) is 8.53. The van der Waals surface area contributed by atoms with E-state index in [1.165, 1.54) is 0 Å². The number of hydrogen-bond donors (Lipinski definition) is 2. The van der Waals surface area contributed by atoms with Gasteiger partial charge in [0.05, 0.1) is 33.1 Å². The highest BCUT2D eigenvalue weighted by Crippen LogP contribution is 2.32. The minimum absolute atomic E-state index is 0.193. The van der Waals surface area contributed by atoms with Crippen molar-refractivity contribution in [1.29, 1.82) is 0 Å². The van der Waals surface area contributed by atoms with Crippen molar-refractivity contribution in [3.63, 3.8) is 0 Å². The zero-order valence-electron chi connectivity index (χ0n) is 20.6. The number of rotatable bonds is 8. The second-order valence-corrected chi connectivity index (χ2v) is 8.53. The molecule has 2 N–H and O–H groups in total. The van der Waals surface area contributed by atoms with Crippen LogP contribution in [0.15, 0.2) is 42.5 Å². The number of esters is 1. The van der Waals surface area contributed by atoms with E-state index in [-0.39, 0.29) is 30.8 Å². The van der Waals surface area contributed by atoms with E-state index in [4.69, 9.17) is 14.2 Å². The number of H-pyrrole nitrogens is 1. The normalized spacial score (nSPS) is 16.2. The van der Waals surface area contributed by atoms with Crippen molar-refractivity contribution in [3.05, 3.63) is 48.2 Å². The smallest absolute Gasteiger partial charge is 0.356 e. The summed E-state index contributed by atoms with van der Waals surface area (Å²) in [7, 11) is 3.24. The SMILES string of the molecule is CCOC(=O)c1[nH]c2ccc(OC)cc2c1NC(=O)CN1CCN(c2cccc(OC)c2)[C@H](C)C1. The number of amides is 1. The van der Waals surface area contributed by atoms with Gasteiger partial charge in [0, 0.05) is 48.3 Å². The molecule has 1 aromatic heterocycles. The molecule has 2 aromatic carbocycles. The lowest BCUT2D eigenvalue weighted by molar-refractivity contribution is -0.117. The number of aromatic nitrogens is 1. The lowest BCUT2D eigenvalue weighted by atomic mass is 10.1. The Hall–Kier alpha value is -3.72. The number of benzene rings is 2. The predicted molar refractivity (Wildman–Crippen MR) is 136 cm³/mol. The third kappa shape index (κ3) is 5.35. The molecule has 1 aliphatic rings. The number of anilines is 2. The second kappa shape index (κ2) is 10.7. The van der Waals surface area contributed by atoms with Crippen molar-refractivity contribution in [1.82, 2.24) is 9.88 Å². The van der Waals surface area contributed by atoms with Gasteiger partial charge in [-0.15, -0.1) is 0 Å². The van der Waals surface area contributed by atoms with Crippen molar-refractivity contribution in [3.8, 4) is 11.5 Å². The number of nitrogens with one attached hydrogen (secondary N) is 2. The largest absolute Gasteiger partial charge is 0.497 e. The van der Waals surface area contributed by atoms with Crippen molar-refractivity contribution in [2.24, 2.45) is 0 Å². The molecular formula is C26H32N4O5. The van der Waals surface area contributed by atoms with Crippen LogP contribution < -0.4 is 19.7 Å². The number of hydrogen-bond acceptors (Lipinski definition) is 7. The Morgan fingerprint density at radius 2 is 1.86 bits per heavy atom. The molecule has 1 saturated heterocycles. The van der Waals surface area contributed by atoms with Crippen LogP contribution in [-0.4, -0.2) is 74.8 Å². The quantitative estimate of drug-likeness (QED) is 0.476. The van der Waals surface area contributed by atoms with E-state index < -0.39 is 5.97 Å². The van der Waals surface area contributed by atoms with Crippen LogP contribution in [0.4, 0.5) is 11.4 Å². The van der Waals surface area contributed by atoms with E-state index >= 15 is 0 Å². The highest BCUT2D eigenvalue weighted by molar-refractivity contribution is 6.11.